The van der Waals surface area contributed by atoms with Crippen LogP contribution in [0.25, 0.3) is 0 Å². The Hall–Kier alpha value is -0.160. The zero-order chi connectivity index (χ0) is 13.0. The monoisotopic (exact) mass is 256 g/mol. The second kappa shape index (κ2) is 6.33. The van der Waals surface area contributed by atoms with Crippen LogP contribution in [0.2, 0.25) is 0 Å². The minimum Gasteiger partial charge on any atom is -0.395 e. The number of aliphatic hydroxyl groups is 1. The molecule has 18 heavy (non-hydrogen) atoms. The van der Waals surface area contributed by atoms with Crippen LogP contribution in [-0.4, -0.2) is 61.5 Å². The summed E-state index contributed by atoms with van der Waals surface area (Å²) in [6, 6.07) is 0.899. The number of ether oxygens (including phenoxy) is 1. The molecule has 0 amide bonds. The Morgan fingerprint density at radius 3 is 2.94 bits per heavy atom. The minimum atomic E-state index is 0.252. The van der Waals surface area contributed by atoms with E-state index in [0.717, 1.165) is 45.7 Å². The molecule has 2 saturated heterocycles. The molecule has 0 bridgehead atoms. The van der Waals surface area contributed by atoms with E-state index in [2.05, 4.69) is 24.1 Å². The van der Waals surface area contributed by atoms with Crippen molar-refractivity contribution in [3.63, 3.8) is 0 Å². The fourth-order valence-electron chi connectivity index (χ4n) is 3.13. The maximum absolute atomic E-state index is 9.42. The van der Waals surface area contributed by atoms with Crippen LogP contribution in [0, 0.1) is 5.41 Å². The van der Waals surface area contributed by atoms with Crippen LogP contribution < -0.4 is 5.32 Å². The first-order valence-electron chi connectivity index (χ1n) is 7.31. The molecule has 4 nitrogen and oxygen atoms in total. The Morgan fingerprint density at radius 1 is 1.50 bits per heavy atom. The van der Waals surface area contributed by atoms with Crippen molar-refractivity contribution in [1.29, 1.82) is 0 Å². The van der Waals surface area contributed by atoms with Gasteiger partial charge in [-0.1, -0.05) is 13.8 Å². The summed E-state index contributed by atoms with van der Waals surface area (Å²) < 4.78 is 5.64. The van der Waals surface area contributed by atoms with E-state index in [1.807, 2.05) is 0 Å². The Bertz CT molecular complexity index is 252. The van der Waals surface area contributed by atoms with Crippen molar-refractivity contribution in [1.82, 2.24) is 10.2 Å². The van der Waals surface area contributed by atoms with E-state index < -0.39 is 0 Å². The van der Waals surface area contributed by atoms with Gasteiger partial charge in [0.25, 0.3) is 0 Å². The van der Waals surface area contributed by atoms with E-state index in [4.69, 9.17) is 4.74 Å². The molecule has 0 aromatic carbocycles. The van der Waals surface area contributed by atoms with Crippen LogP contribution in [0.3, 0.4) is 0 Å². The molecular weight excluding hydrogens is 228 g/mol. The van der Waals surface area contributed by atoms with Gasteiger partial charge in [0.15, 0.2) is 0 Å². The molecular formula is C14H28N2O2. The molecule has 0 aliphatic carbocycles. The summed E-state index contributed by atoms with van der Waals surface area (Å²) >= 11 is 0. The van der Waals surface area contributed by atoms with E-state index in [1.165, 1.54) is 6.42 Å². The fraction of sp³-hybridized carbons (Fsp3) is 1.00. The number of rotatable bonds is 6. The van der Waals surface area contributed by atoms with E-state index in [1.54, 1.807) is 0 Å². The molecule has 0 spiro atoms. The van der Waals surface area contributed by atoms with Crippen LogP contribution in [0.5, 0.6) is 0 Å². The zero-order valence-corrected chi connectivity index (χ0v) is 11.8. The van der Waals surface area contributed by atoms with E-state index in [9.17, 15) is 5.11 Å². The van der Waals surface area contributed by atoms with Crippen LogP contribution in [0.15, 0.2) is 0 Å². The maximum Gasteiger partial charge on any atom is 0.0586 e. The molecule has 0 aromatic rings. The molecule has 2 aliphatic rings. The molecule has 0 saturated carbocycles. The van der Waals surface area contributed by atoms with E-state index >= 15 is 0 Å². The summed E-state index contributed by atoms with van der Waals surface area (Å²) in [5.74, 6) is 0. The summed E-state index contributed by atoms with van der Waals surface area (Å²) in [4.78, 5) is 2.47. The summed E-state index contributed by atoms with van der Waals surface area (Å²) in [5, 5.41) is 13.0. The van der Waals surface area contributed by atoms with Crippen molar-refractivity contribution in [3.8, 4) is 0 Å². The summed E-state index contributed by atoms with van der Waals surface area (Å²) in [5.41, 5.74) is 0.252. The van der Waals surface area contributed by atoms with Crippen LogP contribution in [0.4, 0.5) is 0 Å². The zero-order valence-electron chi connectivity index (χ0n) is 11.8. The second-order valence-electron chi connectivity index (χ2n) is 6.29. The van der Waals surface area contributed by atoms with E-state index in [0.29, 0.717) is 18.7 Å². The lowest BCUT2D eigenvalue weighted by atomic mass is 9.86. The fourth-order valence-corrected chi connectivity index (χ4v) is 3.13. The number of nitrogens with one attached hydrogen (secondary N) is 1. The largest absolute Gasteiger partial charge is 0.395 e. The van der Waals surface area contributed by atoms with Gasteiger partial charge >= 0.3 is 0 Å². The molecule has 2 atom stereocenters. The van der Waals surface area contributed by atoms with Gasteiger partial charge in [0.2, 0.25) is 0 Å². The van der Waals surface area contributed by atoms with Gasteiger partial charge in [0.1, 0.15) is 0 Å². The predicted octanol–water partition coefficient (Wildman–Crippen LogP) is 0.848. The first-order valence-corrected chi connectivity index (χ1v) is 7.31. The van der Waals surface area contributed by atoms with Gasteiger partial charge in [-0.25, -0.2) is 0 Å². The number of likely N-dealkylation sites (tertiary alicyclic amines) is 1. The average molecular weight is 256 g/mol. The van der Waals surface area contributed by atoms with Crippen LogP contribution in [0.1, 0.15) is 33.1 Å². The van der Waals surface area contributed by atoms with Gasteiger partial charge in [-0.05, 0) is 25.8 Å². The lowest BCUT2D eigenvalue weighted by molar-refractivity contribution is 0.0820. The van der Waals surface area contributed by atoms with Gasteiger partial charge in [0.05, 0.1) is 13.2 Å². The molecule has 2 N–H and O–H groups in total. The summed E-state index contributed by atoms with van der Waals surface area (Å²) in [6.07, 6.45) is 3.51. The van der Waals surface area contributed by atoms with E-state index in [-0.39, 0.29) is 5.41 Å². The molecule has 2 fully saturated rings. The third-order valence-corrected chi connectivity index (χ3v) is 4.32. The highest BCUT2D eigenvalue weighted by Gasteiger charge is 2.39. The highest BCUT2D eigenvalue weighted by Crippen LogP contribution is 2.32. The molecule has 2 rings (SSSR count). The quantitative estimate of drug-likeness (QED) is 0.739. The van der Waals surface area contributed by atoms with Crippen molar-refractivity contribution < 1.29 is 9.84 Å². The second-order valence-corrected chi connectivity index (χ2v) is 6.29. The topological polar surface area (TPSA) is 44.7 Å². The smallest absolute Gasteiger partial charge is 0.0586 e. The molecule has 0 radical (unpaired) electrons. The van der Waals surface area contributed by atoms with Crippen molar-refractivity contribution in [2.75, 3.05) is 39.5 Å². The number of hydrogen-bond acceptors (Lipinski definition) is 4. The average Bonchev–Trinajstić information content (AvgIpc) is 2.97. The Balaban J connectivity index is 1.92. The van der Waals surface area contributed by atoms with Gasteiger partial charge in [0, 0.05) is 37.2 Å². The third kappa shape index (κ3) is 3.44. The van der Waals surface area contributed by atoms with Gasteiger partial charge < -0.3 is 15.2 Å². The highest BCUT2D eigenvalue weighted by atomic mass is 16.5. The number of aliphatic hydroxyl groups excluding tert-OH is 1. The first kappa shape index (κ1) is 14.3. The molecule has 2 unspecified atom stereocenters. The van der Waals surface area contributed by atoms with Gasteiger partial charge in [-0.15, -0.1) is 0 Å². The Labute approximate surface area is 111 Å². The Morgan fingerprint density at radius 2 is 2.33 bits per heavy atom. The third-order valence-electron chi connectivity index (χ3n) is 4.32. The number of hydrogen-bond donors (Lipinski definition) is 2. The predicted molar refractivity (Wildman–Crippen MR) is 72.7 cm³/mol. The molecule has 0 aromatic heterocycles. The number of nitrogens with zero attached hydrogens (tertiary/aromatic N) is 1. The standard InChI is InChI=1S/C14H28N2O2/c1-12(2)15-9-14(5-7-18-11-14)10-16-6-3-4-13(16)8-17/h12-13,15,17H,3-11H2,1-2H3. The normalized spacial score (nSPS) is 33.7. The maximum atomic E-state index is 9.42. The van der Waals surface area contributed by atoms with Gasteiger partial charge in [-0.2, -0.15) is 0 Å². The van der Waals surface area contributed by atoms with Crippen molar-refractivity contribution in [3.05, 3.63) is 0 Å². The van der Waals surface area contributed by atoms with Crippen molar-refractivity contribution in [2.24, 2.45) is 5.41 Å². The summed E-state index contributed by atoms with van der Waals surface area (Å²) in [7, 11) is 0. The lowest BCUT2D eigenvalue weighted by Gasteiger charge is -2.35. The highest BCUT2D eigenvalue weighted by molar-refractivity contribution is 4.92. The van der Waals surface area contributed by atoms with Crippen LogP contribution in [-0.2, 0) is 4.74 Å². The molecule has 2 aliphatic heterocycles. The van der Waals surface area contributed by atoms with Crippen molar-refractivity contribution >= 4 is 0 Å². The molecule has 2 heterocycles. The van der Waals surface area contributed by atoms with Crippen LogP contribution >= 0.6 is 0 Å². The Kier molecular flexibility index (Phi) is 5.01. The van der Waals surface area contributed by atoms with Crippen molar-refractivity contribution in [2.45, 2.75) is 45.2 Å². The SMILES string of the molecule is CC(C)NCC1(CN2CCCC2CO)CCOC1. The molecule has 4 heteroatoms. The lowest BCUT2D eigenvalue weighted by Crippen LogP contribution is -2.48. The molecule has 106 valence electrons. The minimum absolute atomic E-state index is 0.252. The van der Waals surface area contributed by atoms with Gasteiger partial charge in [-0.3, -0.25) is 4.90 Å². The first-order chi connectivity index (χ1) is 8.65. The summed E-state index contributed by atoms with van der Waals surface area (Å²) in [6.45, 7) is 9.66.